The van der Waals surface area contributed by atoms with Crippen LogP contribution in [0.5, 0.6) is 5.75 Å². The molecule has 25 heavy (non-hydrogen) atoms. The van der Waals surface area contributed by atoms with E-state index in [1.807, 2.05) is 48.5 Å². The van der Waals surface area contributed by atoms with Crippen LogP contribution < -0.4 is 15.4 Å². The Morgan fingerprint density at radius 3 is 2.44 bits per heavy atom. The van der Waals surface area contributed by atoms with Crippen molar-refractivity contribution in [2.24, 2.45) is 0 Å². The third-order valence-corrected chi connectivity index (χ3v) is 4.24. The maximum atomic E-state index is 12.0. The molecule has 1 heterocycles. The van der Waals surface area contributed by atoms with Crippen molar-refractivity contribution in [1.29, 1.82) is 0 Å². The Morgan fingerprint density at radius 1 is 1.08 bits per heavy atom. The van der Waals surface area contributed by atoms with E-state index in [-0.39, 0.29) is 12.1 Å². The fourth-order valence-corrected chi connectivity index (χ4v) is 2.70. The molecule has 0 spiro atoms. The molecule has 1 saturated heterocycles. The largest absolute Gasteiger partial charge is 0.489 e. The van der Waals surface area contributed by atoms with E-state index in [0.29, 0.717) is 24.8 Å². The van der Waals surface area contributed by atoms with Crippen molar-refractivity contribution >= 4 is 23.3 Å². The van der Waals surface area contributed by atoms with Crippen molar-refractivity contribution in [3.05, 3.63) is 59.1 Å². The summed E-state index contributed by atoms with van der Waals surface area (Å²) in [6.45, 7) is 1.86. The second-order valence-corrected chi connectivity index (χ2v) is 6.36. The normalized spacial score (nSPS) is 14.8. The molecule has 0 aromatic heterocycles. The summed E-state index contributed by atoms with van der Waals surface area (Å²) < 4.78 is 11.0. The molecule has 0 saturated carbocycles. The minimum atomic E-state index is -0.193. The number of hydrogen-bond donors (Lipinski definition) is 2. The van der Waals surface area contributed by atoms with Crippen molar-refractivity contribution in [1.82, 2.24) is 5.32 Å². The van der Waals surface area contributed by atoms with Crippen LogP contribution in [0.25, 0.3) is 0 Å². The molecule has 2 N–H and O–H groups in total. The lowest BCUT2D eigenvalue weighted by Gasteiger charge is -2.23. The highest BCUT2D eigenvalue weighted by Gasteiger charge is 2.15. The number of ether oxygens (including phenoxy) is 2. The van der Waals surface area contributed by atoms with E-state index in [0.717, 1.165) is 29.8 Å². The number of anilines is 1. The van der Waals surface area contributed by atoms with Gasteiger partial charge in [-0.2, -0.15) is 0 Å². The Hall–Kier alpha value is -2.24. The smallest absolute Gasteiger partial charge is 0.319 e. The second kappa shape index (κ2) is 8.74. The zero-order chi connectivity index (χ0) is 17.5. The number of carbonyl (C=O) groups is 1. The van der Waals surface area contributed by atoms with Gasteiger partial charge in [-0.1, -0.05) is 23.7 Å². The van der Waals surface area contributed by atoms with Crippen LogP contribution in [0.2, 0.25) is 5.02 Å². The summed E-state index contributed by atoms with van der Waals surface area (Å²) in [6.07, 6.45) is 1.70. The topological polar surface area (TPSA) is 59.6 Å². The van der Waals surface area contributed by atoms with Gasteiger partial charge in [0.1, 0.15) is 12.4 Å². The van der Waals surface area contributed by atoms with Gasteiger partial charge in [0.15, 0.2) is 0 Å². The predicted molar refractivity (Wildman–Crippen MR) is 98.2 cm³/mol. The summed E-state index contributed by atoms with van der Waals surface area (Å²) in [4.78, 5) is 12.0. The highest BCUT2D eigenvalue weighted by molar-refractivity contribution is 6.30. The Kier molecular flexibility index (Phi) is 6.14. The monoisotopic (exact) mass is 360 g/mol. The number of halogens is 1. The maximum Gasteiger partial charge on any atom is 0.319 e. The van der Waals surface area contributed by atoms with Crippen molar-refractivity contribution in [2.45, 2.75) is 25.5 Å². The average Bonchev–Trinajstić information content (AvgIpc) is 2.63. The van der Waals surface area contributed by atoms with E-state index >= 15 is 0 Å². The zero-order valence-electron chi connectivity index (χ0n) is 13.8. The van der Waals surface area contributed by atoms with Gasteiger partial charge in [0.2, 0.25) is 0 Å². The molecule has 2 aromatic carbocycles. The van der Waals surface area contributed by atoms with Gasteiger partial charge in [-0.15, -0.1) is 0 Å². The molecule has 0 unspecified atom stereocenters. The van der Waals surface area contributed by atoms with Gasteiger partial charge in [-0.3, -0.25) is 0 Å². The third-order valence-electron chi connectivity index (χ3n) is 3.99. The molecule has 1 aliphatic heterocycles. The van der Waals surface area contributed by atoms with Gasteiger partial charge in [0.25, 0.3) is 0 Å². The molecule has 2 aromatic rings. The summed E-state index contributed by atoms with van der Waals surface area (Å²) >= 11 is 5.86. The molecular formula is C19H21ClN2O3. The van der Waals surface area contributed by atoms with Crippen molar-refractivity contribution in [2.75, 3.05) is 18.5 Å². The number of hydrogen-bond acceptors (Lipinski definition) is 3. The molecule has 0 atom stereocenters. The lowest BCUT2D eigenvalue weighted by Crippen LogP contribution is -2.41. The number of carbonyl (C=O) groups excluding carboxylic acids is 1. The summed E-state index contributed by atoms with van der Waals surface area (Å²) in [5, 5.41) is 6.50. The molecule has 1 aliphatic rings. The molecule has 0 bridgehead atoms. The Morgan fingerprint density at radius 2 is 1.76 bits per heavy atom. The van der Waals surface area contributed by atoms with Crippen LogP contribution in [0.1, 0.15) is 18.4 Å². The van der Waals surface area contributed by atoms with Gasteiger partial charge < -0.3 is 20.1 Å². The minimum absolute atomic E-state index is 0.177. The molecule has 1 fully saturated rings. The van der Waals surface area contributed by atoms with Crippen LogP contribution in [0.4, 0.5) is 10.5 Å². The summed E-state index contributed by atoms with van der Waals surface area (Å²) in [5.74, 6) is 0.741. The molecule has 0 aliphatic carbocycles. The standard InChI is InChI=1S/C19H21ClN2O3/c20-15-3-1-14(2-4-15)13-25-18-7-5-16(6-8-18)21-19(23)22-17-9-11-24-12-10-17/h1-8,17H,9-13H2,(H2,21,22,23). The first-order chi connectivity index (χ1) is 12.2. The number of amides is 2. The zero-order valence-corrected chi connectivity index (χ0v) is 14.6. The Balaban J connectivity index is 1.46. The van der Waals surface area contributed by atoms with Crippen LogP contribution in [0, 0.1) is 0 Å². The number of urea groups is 1. The van der Waals surface area contributed by atoms with E-state index in [1.54, 1.807) is 0 Å². The summed E-state index contributed by atoms with van der Waals surface area (Å²) in [5.41, 5.74) is 1.77. The Bertz CT molecular complexity index is 683. The molecule has 2 amide bonds. The SMILES string of the molecule is O=C(Nc1ccc(OCc2ccc(Cl)cc2)cc1)NC1CCOCC1. The first-order valence-electron chi connectivity index (χ1n) is 8.31. The predicted octanol–water partition coefficient (Wildman–Crippen LogP) is 4.22. The first-order valence-corrected chi connectivity index (χ1v) is 8.69. The Labute approximate surface area is 152 Å². The van der Waals surface area contributed by atoms with Gasteiger partial charge in [-0.05, 0) is 54.8 Å². The number of nitrogens with one attached hydrogen (secondary N) is 2. The lowest BCUT2D eigenvalue weighted by molar-refractivity contribution is 0.0806. The van der Waals surface area contributed by atoms with Crippen LogP contribution in [0.15, 0.2) is 48.5 Å². The van der Waals surface area contributed by atoms with E-state index in [9.17, 15) is 4.79 Å². The van der Waals surface area contributed by atoms with Gasteiger partial charge in [0, 0.05) is 30.0 Å². The van der Waals surface area contributed by atoms with E-state index in [1.165, 1.54) is 0 Å². The first kappa shape index (κ1) is 17.6. The van der Waals surface area contributed by atoms with Crippen LogP contribution in [-0.4, -0.2) is 25.3 Å². The van der Waals surface area contributed by atoms with Crippen LogP contribution in [-0.2, 0) is 11.3 Å². The van der Waals surface area contributed by atoms with Gasteiger partial charge in [-0.25, -0.2) is 4.79 Å². The van der Waals surface area contributed by atoms with Crippen molar-refractivity contribution < 1.29 is 14.3 Å². The molecule has 5 nitrogen and oxygen atoms in total. The minimum Gasteiger partial charge on any atom is -0.489 e. The molecule has 132 valence electrons. The van der Waals surface area contributed by atoms with E-state index in [4.69, 9.17) is 21.1 Å². The molecule has 6 heteroatoms. The number of rotatable bonds is 5. The second-order valence-electron chi connectivity index (χ2n) is 5.92. The fraction of sp³-hybridized carbons (Fsp3) is 0.316. The average molecular weight is 361 g/mol. The quantitative estimate of drug-likeness (QED) is 0.839. The highest BCUT2D eigenvalue weighted by Crippen LogP contribution is 2.18. The maximum absolute atomic E-state index is 12.0. The van der Waals surface area contributed by atoms with E-state index < -0.39 is 0 Å². The fourth-order valence-electron chi connectivity index (χ4n) is 2.58. The van der Waals surface area contributed by atoms with Crippen LogP contribution >= 0.6 is 11.6 Å². The summed E-state index contributed by atoms with van der Waals surface area (Å²) in [7, 11) is 0. The summed E-state index contributed by atoms with van der Waals surface area (Å²) in [6, 6.07) is 14.8. The lowest BCUT2D eigenvalue weighted by atomic mass is 10.1. The molecular weight excluding hydrogens is 340 g/mol. The van der Waals surface area contributed by atoms with Crippen molar-refractivity contribution in [3.8, 4) is 5.75 Å². The van der Waals surface area contributed by atoms with Gasteiger partial charge >= 0.3 is 6.03 Å². The third kappa shape index (κ3) is 5.66. The van der Waals surface area contributed by atoms with Crippen molar-refractivity contribution in [3.63, 3.8) is 0 Å². The van der Waals surface area contributed by atoms with Gasteiger partial charge in [0.05, 0.1) is 0 Å². The number of benzene rings is 2. The molecule has 0 radical (unpaired) electrons. The highest BCUT2D eigenvalue weighted by atomic mass is 35.5. The van der Waals surface area contributed by atoms with E-state index in [2.05, 4.69) is 10.6 Å². The van der Waals surface area contributed by atoms with Crippen LogP contribution in [0.3, 0.4) is 0 Å². The molecule has 3 rings (SSSR count).